The van der Waals surface area contributed by atoms with Gasteiger partial charge in [-0.3, -0.25) is 0 Å². The first kappa shape index (κ1) is 55.9. The number of aliphatic hydroxyl groups excluding tert-OH is 2. The average Bonchev–Trinajstić information content (AvgIpc) is 3.99. The second kappa shape index (κ2) is 29.3. The molecule has 4 rings (SSSR count). The molecule has 0 atom stereocenters. The number of aromatic nitrogens is 16. The normalized spacial score (nSPS) is 12.0. The van der Waals surface area contributed by atoms with E-state index in [1.807, 2.05) is 0 Å². The largest absolute Gasteiger partial charge is 0.388 e. The summed E-state index contributed by atoms with van der Waals surface area (Å²) in [5.74, 6) is 2.23. The third kappa shape index (κ3) is 29.2. The fourth-order valence-electron chi connectivity index (χ4n) is 3.74. The zero-order valence-electron chi connectivity index (χ0n) is 37.8. The fraction of sp³-hybridized carbons (Fsp3) is 0.875. The zero-order valence-corrected chi connectivity index (χ0v) is 44.9. The fourth-order valence-corrected chi connectivity index (χ4v) is 7.40. The number of halogens is 2. The maximum Gasteiger partial charge on any atom is 0.200 e. The van der Waals surface area contributed by atoms with Gasteiger partial charge in [-0.05, 0) is 55.5 Å². The maximum absolute atomic E-state index is 8.88. The van der Waals surface area contributed by atoms with Crippen molar-refractivity contribution in [2.24, 2.45) is 0 Å². The highest BCUT2D eigenvalue weighted by Gasteiger charge is 2.15. The molecule has 4 heterocycles. The lowest BCUT2D eigenvalue weighted by Gasteiger charge is -2.15. The Morgan fingerprint density at radius 2 is 0.817 bits per heavy atom. The van der Waals surface area contributed by atoms with Crippen LogP contribution in [0.5, 0.6) is 0 Å². The molecule has 0 amide bonds. The Labute approximate surface area is 375 Å². The Bertz CT molecular complexity index is 1560. The Morgan fingerprint density at radius 1 is 0.450 bits per heavy atom. The number of hydrogen-bond acceptors (Lipinski definition) is 18. The first-order valence-corrected chi connectivity index (χ1v) is 36.8. The van der Waals surface area contributed by atoms with Crippen LogP contribution < -0.4 is 0 Å². The standard InChI is InChI=1S/2C8H17BrN4OSi.2C8H18N4O2Si/c1-15(2,3)5-4-14-7-13-8(6-9)10-11-12-13;1-15(2,3)5-4-14-7-13-11-8(6-9)10-12-13;1-15(2,3)5-4-14-7-12-8(6-13)9-10-11-12;1-15(2,3)5-4-14-7-12-10-8(6-13)9-11-12/h2*4-7H2,1-3H3;2*13H,4-7H2,1-3H3. The molecule has 0 aliphatic rings. The molecule has 0 fully saturated rings. The van der Waals surface area contributed by atoms with E-state index < -0.39 is 32.3 Å². The smallest absolute Gasteiger partial charge is 0.200 e. The Balaban J connectivity index is 0.000000400. The zero-order chi connectivity index (χ0) is 45.2. The quantitative estimate of drug-likeness (QED) is 0.0547. The minimum atomic E-state index is -1.04. The van der Waals surface area contributed by atoms with Crippen molar-refractivity contribution < 1.29 is 29.2 Å². The van der Waals surface area contributed by atoms with E-state index in [-0.39, 0.29) is 13.2 Å². The Kier molecular flexibility index (Phi) is 27.3. The molecule has 0 aliphatic carbocycles. The molecule has 0 aromatic carbocycles. The van der Waals surface area contributed by atoms with E-state index in [0.29, 0.717) is 55.1 Å². The summed E-state index contributed by atoms with van der Waals surface area (Å²) in [7, 11) is -4.06. The van der Waals surface area contributed by atoms with Crippen LogP contribution in [0, 0.1) is 0 Å². The summed E-state index contributed by atoms with van der Waals surface area (Å²) in [5.41, 5.74) is 0. The number of aliphatic hydroxyl groups is 2. The number of ether oxygens (including phenoxy) is 4. The molecular weight excluding hydrogens is 977 g/mol. The van der Waals surface area contributed by atoms with Crippen LogP contribution in [0.15, 0.2) is 0 Å². The minimum absolute atomic E-state index is 0.162. The Morgan fingerprint density at radius 3 is 1.15 bits per heavy atom. The van der Waals surface area contributed by atoms with Crippen LogP contribution in [0.1, 0.15) is 23.3 Å². The van der Waals surface area contributed by atoms with Gasteiger partial charge in [0.1, 0.15) is 26.7 Å². The Hall–Kier alpha value is -2.13. The molecule has 0 bridgehead atoms. The van der Waals surface area contributed by atoms with Crippen LogP contribution in [0.25, 0.3) is 0 Å². The summed E-state index contributed by atoms with van der Waals surface area (Å²) < 4.78 is 25.0. The lowest BCUT2D eigenvalue weighted by molar-refractivity contribution is 0.0669. The SMILES string of the molecule is C[Si](C)(C)CCOCn1nnc(CBr)n1.C[Si](C)(C)CCOCn1nnc(CO)n1.C[Si](C)(C)CCOCn1nnnc1CBr.C[Si](C)(C)CCOCn1nnnc1CO. The van der Waals surface area contributed by atoms with Gasteiger partial charge in [0.15, 0.2) is 36.8 Å². The summed E-state index contributed by atoms with van der Waals surface area (Å²) in [6, 6.07) is 4.56. The molecule has 0 saturated heterocycles. The second-order valence-electron chi connectivity index (χ2n) is 18.3. The van der Waals surface area contributed by atoms with E-state index in [2.05, 4.69) is 172 Å². The number of rotatable bonds is 24. The van der Waals surface area contributed by atoms with E-state index in [1.54, 1.807) is 4.68 Å². The molecule has 60 heavy (non-hydrogen) atoms. The molecule has 0 unspecified atom stereocenters. The molecule has 4 aromatic heterocycles. The van der Waals surface area contributed by atoms with Crippen LogP contribution in [0.2, 0.25) is 103 Å². The molecule has 0 aliphatic heterocycles. The van der Waals surface area contributed by atoms with Gasteiger partial charge in [0.2, 0.25) is 0 Å². The first-order chi connectivity index (χ1) is 28.1. The van der Waals surface area contributed by atoms with Gasteiger partial charge in [-0.25, -0.2) is 9.36 Å². The van der Waals surface area contributed by atoms with E-state index in [9.17, 15) is 0 Å². The third-order valence-corrected chi connectivity index (χ3v) is 15.4. The van der Waals surface area contributed by atoms with Crippen LogP contribution >= 0.6 is 31.9 Å². The molecule has 2 N–H and O–H groups in total. The van der Waals surface area contributed by atoms with Crippen molar-refractivity contribution in [2.75, 3.05) is 26.4 Å². The summed E-state index contributed by atoms with van der Waals surface area (Å²) in [6.07, 6.45) is 0. The van der Waals surface area contributed by atoms with Gasteiger partial charge < -0.3 is 29.2 Å². The molecule has 0 saturated carbocycles. The summed E-state index contributed by atoms with van der Waals surface area (Å²) in [6.45, 7) is 31.9. The highest BCUT2D eigenvalue weighted by molar-refractivity contribution is 9.08. The van der Waals surface area contributed by atoms with Crippen molar-refractivity contribution >= 4 is 64.2 Å². The van der Waals surface area contributed by atoms with Gasteiger partial charge >= 0.3 is 0 Å². The molecular formula is C32H70Br2N16O6Si4. The van der Waals surface area contributed by atoms with Crippen molar-refractivity contribution in [1.29, 1.82) is 0 Å². The average molecular weight is 1050 g/mol. The number of tetrazole rings is 4. The highest BCUT2D eigenvalue weighted by atomic mass is 79.9. The molecule has 0 radical (unpaired) electrons. The number of nitrogens with zero attached hydrogens (tertiary/aromatic N) is 16. The predicted molar refractivity (Wildman–Crippen MR) is 245 cm³/mol. The van der Waals surface area contributed by atoms with Crippen LogP contribution in [0.3, 0.4) is 0 Å². The molecule has 0 spiro atoms. The lowest BCUT2D eigenvalue weighted by Crippen LogP contribution is -2.22. The first-order valence-electron chi connectivity index (χ1n) is 19.8. The number of hydrogen-bond donors (Lipinski definition) is 2. The van der Waals surface area contributed by atoms with Gasteiger partial charge in [-0.15, -0.1) is 40.2 Å². The van der Waals surface area contributed by atoms with E-state index in [4.69, 9.17) is 29.2 Å². The molecule has 22 nitrogen and oxygen atoms in total. The number of alkyl halides is 2. The van der Waals surface area contributed by atoms with Gasteiger partial charge in [-0.1, -0.05) is 110 Å². The van der Waals surface area contributed by atoms with Crippen molar-refractivity contribution in [3.8, 4) is 0 Å². The highest BCUT2D eigenvalue weighted by Crippen LogP contribution is 2.10. The van der Waals surface area contributed by atoms with E-state index in [1.165, 1.54) is 20.3 Å². The van der Waals surface area contributed by atoms with Gasteiger partial charge in [0.25, 0.3) is 0 Å². The summed E-state index contributed by atoms with van der Waals surface area (Å²) >= 11 is 6.58. The summed E-state index contributed by atoms with van der Waals surface area (Å²) in [5, 5.41) is 63.9. The summed E-state index contributed by atoms with van der Waals surface area (Å²) in [4.78, 5) is 2.82. The monoisotopic (exact) mass is 1040 g/mol. The van der Waals surface area contributed by atoms with Crippen molar-refractivity contribution in [2.45, 2.75) is 154 Å². The molecule has 28 heteroatoms. The van der Waals surface area contributed by atoms with Crippen LogP contribution in [-0.4, -0.2) is 150 Å². The van der Waals surface area contributed by atoms with E-state index in [0.717, 1.165) is 50.4 Å². The van der Waals surface area contributed by atoms with Crippen LogP contribution in [-0.2, 0) is 69.7 Å². The maximum atomic E-state index is 8.88. The van der Waals surface area contributed by atoms with Crippen LogP contribution in [0.4, 0.5) is 0 Å². The predicted octanol–water partition coefficient (Wildman–Crippen LogP) is 4.72. The van der Waals surface area contributed by atoms with Crippen molar-refractivity contribution in [3.63, 3.8) is 0 Å². The third-order valence-electron chi connectivity index (χ3n) is 7.55. The van der Waals surface area contributed by atoms with Gasteiger partial charge in [0.05, 0.1) is 10.7 Å². The lowest BCUT2D eigenvalue weighted by atomic mass is 10.7. The van der Waals surface area contributed by atoms with Gasteiger partial charge in [0, 0.05) is 58.7 Å². The topological polar surface area (TPSA) is 252 Å². The second-order valence-corrected chi connectivity index (χ2v) is 41.9. The van der Waals surface area contributed by atoms with Crippen molar-refractivity contribution in [3.05, 3.63) is 23.3 Å². The molecule has 4 aromatic rings. The van der Waals surface area contributed by atoms with Crippen molar-refractivity contribution in [1.82, 2.24) is 80.8 Å². The minimum Gasteiger partial charge on any atom is -0.388 e. The molecule has 344 valence electrons. The van der Waals surface area contributed by atoms with E-state index >= 15 is 0 Å². The van der Waals surface area contributed by atoms with Gasteiger partial charge in [-0.2, -0.15) is 0 Å².